The molecule has 1 heterocycles. The second-order valence-corrected chi connectivity index (χ2v) is 6.01. The van der Waals surface area contributed by atoms with E-state index < -0.39 is 5.60 Å². The average Bonchev–Trinajstić information content (AvgIpc) is 2.82. The van der Waals surface area contributed by atoms with Gasteiger partial charge in [0.2, 0.25) is 0 Å². The summed E-state index contributed by atoms with van der Waals surface area (Å²) in [5, 5.41) is 14.1. The van der Waals surface area contributed by atoms with E-state index in [1.54, 1.807) is 0 Å². The summed E-state index contributed by atoms with van der Waals surface area (Å²) in [5.41, 5.74) is 1.31. The van der Waals surface area contributed by atoms with E-state index in [9.17, 15) is 5.11 Å². The Morgan fingerprint density at radius 2 is 2.21 bits per heavy atom. The SMILES string of the molecule is CC(C)CNCCC(C)(O)c1cccc2c1OCC2. The minimum atomic E-state index is -0.834. The van der Waals surface area contributed by atoms with Gasteiger partial charge in [0.15, 0.2) is 0 Å². The van der Waals surface area contributed by atoms with Crippen molar-refractivity contribution in [3.63, 3.8) is 0 Å². The molecule has 1 unspecified atom stereocenters. The molecule has 2 rings (SSSR count). The minimum Gasteiger partial charge on any atom is -0.493 e. The van der Waals surface area contributed by atoms with E-state index in [2.05, 4.69) is 25.2 Å². The van der Waals surface area contributed by atoms with Gasteiger partial charge in [-0.1, -0.05) is 32.0 Å². The number of para-hydroxylation sites is 1. The Bertz CT molecular complexity index is 427. The molecule has 1 aliphatic heterocycles. The van der Waals surface area contributed by atoms with E-state index in [4.69, 9.17) is 4.74 Å². The lowest BCUT2D eigenvalue weighted by atomic mass is 9.90. The Morgan fingerprint density at radius 1 is 1.42 bits per heavy atom. The van der Waals surface area contributed by atoms with Crippen LogP contribution in [-0.4, -0.2) is 24.8 Å². The third-order valence-electron chi connectivity index (χ3n) is 3.64. The van der Waals surface area contributed by atoms with Crippen LogP contribution in [-0.2, 0) is 12.0 Å². The van der Waals surface area contributed by atoms with Crippen molar-refractivity contribution >= 4 is 0 Å². The fraction of sp³-hybridized carbons (Fsp3) is 0.625. The van der Waals surface area contributed by atoms with Crippen LogP contribution in [0.2, 0.25) is 0 Å². The summed E-state index contributed by atoms with van der Waals surface area (Å²) in [6, 6.07) is 6.07. The molecule has 19 heavy (non-hydrogen) atoms. The second-order valence-electron chi connectivity index (χ2n) is 6.01. The van der Waals surface area contributed by atoms with Gasteiger partial charge in [0.1, 0.15) is 5.75 Å². The molecule has 0 spiro atoms. The van der Waals surface area contributed by atoms with Crippen molar-refractivity contribution in [1.29, 1.82) is 0 Å². The maximum Gasteiger partial charge on any atom is 0.128 e. The van der Waals surface area contributed by atoms with Gasteiger partial charge in [-0.2, -0.15) is 0 Å². The molecule has 1 atom stereocenters. The van der Waals surface area contributed by atoms with Gasteiger partial charge in [-0.15, -0.1) is 0 Å². The normalized spacial score (nSPS) is 17.1. The number of benzene rings is 1. The molecule has 106 valence electrons. The molecule has 0 aliphatic carbocycles. The van der Waals surface area contributed by atoms with Crippen LogP contribution in [0.4, 0.5) is 0 Å². The Kier molecular flexibility index (Phi) is 4.48. The average molecular weight is 263 g/mol. The predicted octanol–water partition coefficient (Wildman–Crippen LogP) is 2.46. The van der Waals surface area contributed by atoms with Crippen LogP contribution in [0.15, 0.2) is 18.2 Å². The summed E-state index contributed by atoms with van der Waals surface area (Å²) in [4.78, 5) is 0. The van der Waals surface area contributed by atoms with Crippen LogP contribution in [0.3, 0.4) is 0 Å². The molecular weight excluding hydrogens is 238 g/mol. The number of nitrogens with one attached hydrogen (secondary N) is 1. The number of ether oxygens (including phenoxy) is 1. The minimum absolute atomic E-state index is 0.634. The first-order valence-corrected chi connectivity index (χ1v) is 7.19. The van der Waals surface area contributed by atoms with Crippen LogP contribution in [0.25, 0.3) is 0 Å². The molecule has 0 fully saturated rings. The number of aliphatic hydroxyl groups is 1. The number of rotatable bonds is 6. The Hall–Kier alpha value is -1.06. The highest BCUT2D eigenvalue weighted by atomic mass is 16.5. The Labute approximate surface area is 116 Å². The molecule has 0 saturated carbocycles. The van der Waals surface area contributed by atoms with Gasteiger partial charge in [-0.3, -0.25) is 0 Å². The number of hydrogen-bond acceptors (Lipinski definition) is 3. The van der Waals surface area contributed by atoms with E-state index in [-0.39, 0.29) is 0 Å². The van der Waals surface area contributed by atoms with Gasteiger partial charge in [0.05, 0.1) is 12.2 Å². The van der Waals surface area contributed by atoms with E-state index in [1.165, 1.54) is 5.56 Å². The largest absolute Gasteiger partial charge is 0.493 e. The number of fused-ring (bicyclic) bond motifs is 1. The first-order valence-electron chi connectivity index (χ1n) is 7.19. The maximum absolute atomic E-state index is 10.7. The summed E-state index contributed by atoms with van der Waals surface area (Å²) in [7, 11) is 0. The fourth-order valence-corrected chi connectivity index (χ4v) is 2.50. The van der Waals surface area contributed by atoms with Crippen molar-refractivity contribution in [2.24, 2.45) is 5.92 Å². The van der Waals surface area contributed by atoms with Crippen LogP contribution in [0, 0.1) is 5.92 Å². The lowest BCUT2D eigenvalue weighted by molar-refractivity contribution is 0.0453. The summed E-state index contributed by atoms with van der Waals surface area (Å²) < 4.78 is 5.68. The summed E-state index contributed by atoms with van der Waals surface area (Å²) in [5.74, 6) is 1.53. The van der Waals surface area contributed by atoms with Gasteiger partial charge in [-0.05, 0) is 37.9 Å². The molecule has 1 aliphatic rings. The zero-order valence-corrected chi connectivity index (χ0v) is 12.2. The molecule has 0 aromatic heterocycles. The monoisotopic (exact) mass is 263 g/mol. The van der Waals surface area contributed by atoms with E-state index >= 15 is 0 Å². The zero-order valence-electron chi connectivity index (χ0n) is 12.2. The first-order chi connectivity index (χ1) is 9.00. The lowest BCUT2D eigenvalue weighted by Crippen LogP contribution is -2.30. The lowest BCUT2D eigenvalue weighted by Gasteiger charge is -2.26. The summed E-state index contributed by atoms with van der Waals surface area (Å²) >= 11 is 0. The standard InChI is InChI=1S/C16H25NO2/c1-12(2)11-17-9-8-16(3,18)14-6-4-5-13-7-10-19-15(13)14/h4-6,12,17-18H,7-11H2,1-3H3. The Morgan fingerprint density at radius 3 is 2.95 bits per heavy atom. The Balaban J connectivity index is 2.01. The van der Waals surface area contributed by atoms with Crippen molar-refractivity contribution in [3.8, 4) is 5.75 Å². The quantitative estimate of drug-likeness (QED) is 0.775. The first kappa shape index (κ1) is 14.4. The number of hydrogen-bond donors (Lipinski definition) is 2. The molecule has 0 bridgehead atoms. The van der Waals surface area contributed by atoms with Crippen LogP contribution in [0.5, 0.6) is 5.75 Å². The van der Waals surface area contributed by atoms with Gasteiger partial charge < -0.3 is 15.2 Å². The van der Waals surface area contributed by atoms with Crippen molar-refractivity contribution in [2.45, 2.75) is 39.2 Å². The highest BCUT2D eigenvalue weighted by molar-refractivity contribution is 5.46. The van der Waals surface area contributed by atoms with Crippen LogP contribution >= 0.6 is 0 Å². The topological polar surface area (TPSA) is 41.5 Å². The zero-order chi connectivity index (χ0) is 13.9. The van der Waals surface area contributed by atoms with Crippen LogP contribution in [0.1, 0.15) is 38.3 Å². The van der Waals surface area contributed by atoms with Gasteiger partial charge in [0.25, 0.3) is 0 Å². The summed E-state index contributed by atoms with van der Waals surface area (Å²) in [6.07, 6.45) is 1.64. The summed E-state index contributed by atoms with van der Waals surface area (Å²) in [6.45, 7) is 8.77. The molecule has 2 N–H and O–H groups in total. The highest BCUT2D eigenvalue weighted by Crippen LogP contribution is 2.37. The third-order valence-corrected chi connectivity index (χ3v) is 3.64. The smallest absolute Gasteiger partial charge is 0.128 e. The molecule has 0 radical (unpaired) electrons. The molecule has 3 nitrogen and oxygen atoms in total. The predicted molar refractivity (Wildman–Crippen MR) is 77.5 cm³/mol. The molecular formula is C16H25NO2. The third kappa shape index (κ3) is 3.48. The van der Waals surface area contributed by atoms with Gasteiger partial charge in [0, 0.05) is 12.0 Å². The van der Waals surface area contributed by atoms with Crippen molar-refractivity contribution in [3.05, 3.63) is 29.3 Å². The van der Waals surface area contributed by atoms with Crippen molar-refractivity contribution in [2.75, 3.05) is 19.7 Å². The molecule has 3 heteroatoms. The van der Waals surface area contributed by atoms with E-state index in [1.807, 2.05) is 19.1 Å². The van der Waals surface area contributed by atoms with Crippen molar-refractivity contribution < 1.29 is 9.84 Å². The highest BCUT2D eigenvalue weighted by Gasteiger charge is 2.29. The molecule has 1 aromatic rings. The van der Waals surface area contributed by atoms with Crippen LogP contribution < -0.4 is 10.1 Å². The molecule has 0 amide bonds. The maximum atomic E-state index is 10.7. The molecule has 0 saturated heterocycles. The second kappa shape index (κ2) is 5.93. The fourth-order valence-electron chi connectivity index (χ4n) is 2.50. The van der Waals surface area contributed by atoms with Crippen molar-refractivity contribution in [1.82, 2.24) is 5.32 Å². The van der Waals surface area contributed by atoms with E-state index in [0.29, 0.717) is 12.3 Å². The molecule has 1 aromatic carbocycles. The van der Waals surface area contributed by atoms with E-state index in [0.717, 1.165) is 37.4 Å². The van der Waals surface area contributed by atoms with Gasteiger partial charge in [-0.25, -0.2) is 0 Å². The van der Waals surface area contributed by atoms with Gasteiger partial charge >= 0.3 is 0 Å².